The zero-order valence-corrected chi connectivity index (χ0v) is 9.92. The fourth-order valence-corrected chi connectivity index (χ4v) is 1.69. The number of unbranched alkanes of at least 4 members (excludes halogenated alkanes) is 1. The van der Waals surface area contributed by atoms with Gasteiger partial charge in [0.15, 0.2) is 0 Å². The molecular weight excluding hydrogens is 172 g/mol. The maximum absolute atomic E-state index is 8.47. The number of hydrogen-bond donors (Lipinski definition) is 0. The van der Waals surface area contributed by atoms with Crippen LogP contribution in [-0.4, -0.2) is 25.0 Å². The summed E-state index contributed by atoms with van der Waals surface area (Å²) in [5.74, 6) is 0.818. The Kier molecular flexibility index (Phi) is 8.67. The third-order valence-electron chi connectivity index (χ3n) is 2.72. The highest BCUT2D eigenvalue weighted by Crippen LogP contribution is 2.13. The number of hydrogen-bond acceptors (Lipinski definition) is 2. The van der Waals surface area contributed by atoms with Crippen LogP contribution in [0.2, 0.25) is 0 Å². The lowest BCUT2D eigenvalue weighted by molar-refractivity contribution is 0.264. The average Bonchev–Trinajstić information content (AvgIpc) is 2.21. The minimum absolute atomic E-state index is 0.653. The Morgan fingerprint density at radius 1 is 1.36 bits per heavy atom. The molecule has 0 radical (unpaired) electrons. The SMILES string of the molecule is CCCCC(CC)CN(C)CCC#N. The van der Waals surface area contributed by atoms with Gasteiger partial charge in [-0.2, -0.15) is 5.26 Å². The van der Waals surface area contributed by atoms with Crippen molar-refractivity contribution >= 4 is 0 Å². The lowest BCUT2D eigenvalue weighted by Crippen LogP contribution is -2.26. The van der Waals surface area contributed by atoms with Crippen LogP contribution in [0.15, 0.2) is 0 Å². The highest BCUT2D eigenvalue weighted by atomic mass is 15.1. The van der Waals surface area contributed by atoms with E-state index in [0.717, 1.165) is 19.0 Å². The Labute approximate surface area is 88.9 Å². The largest absolute Gasteiger partial charge is 0.305 e. The predicted molar refractivity (Wildman–Crippen MR) is 61.0 cm³/mol. The second kappa shape index (κ2) is 9.02. The molecule has 0 aromatic carbocycles. The minimum Gasteiger partial charge on any atom is -0.305 e. The van der Waals surface area contributed by atoms with Crippen LogP contribution in [0.25, 0.3) is 0 Å². The predicted octanol–water partition coefficient (Wildman–Crippen LogP) is 3.05. The Bertz CT molecular complexity index is 160. The number of nitrogens with zero attached hydrogens (tertiary/aromatic N) is 2. The molecule has 0 bridgehead atoms. The quantitative estimate of drug-likeness (QED) is 0.596. The smallest absolute Gasteiger partial charge is 0.0635 e. The molecule has 1 atom stereocenters. The van der Waals surface area contributed by atoms with Crippen molar-refractivity contribution in [1.29, 1.82) is 5.26 Å². The summed E-state index contributed by atoms with van der Waals surface area (Å²) in [4.78, 5) is 2.28. The van der Waals surface area contributed by atoms with Gasteiger partial charge in [-0.25, -0.2) is 0 Å². The van der Waals surface area contributed by atoms with Crippen LogP contribution < -0.4 is 0 Å². The second-order valence-electron chi connectivity index (χ2n) is 4.09. The van der Waals surface area contributed by atoms with Gasteiger partial charge in [0.2, 0.25) is 0 Å². The lowest BCUT2D eigenvalue weighted by atomic mass is 9.99. The van der Waals surface area contributed by atoms with Crippen molar-refractivity contribution in [2.45, 2.75) is 46.0 Å². The Balaban J connectivity index is 3.63. The number of rotatable bonds is 8. The van der Waals surface area contributed by atoms with E-state index >= 15 is 0 Å². The Hall–Kier alpha value is -0.550. The average molecular weight is 196 g/mol. The molecular formula is C12H24N2. The van der Waals surface area contributed by atoms with Gasteiger partial charge in [0.05, 0.1) is 6.07 Å². The van der Waals surface area contributed by atoms with Gasteiger partial charge in [-0.05, 0) is 19.4 Å². The minimum atomic E-state index is 0.653. The van der Waals surface area contributed by atoms with Gasteiger partial charge < -0.3 is 4.90 Å². The first-order valence-corrected chi connectivity index (χ1v) is 5.80. The first-order chi connectivity index (χ1) is 6.74. The summed E-state index contributed by atoms with van der Waals surface area (Å²) in [6, 6.07) is 2.19. The molecule has 0 amide bonds. The van der Waals surface area contributed by atoms with E-state index in [9.17, 15) is 0 Å². The highest BCUT2D eigenvalue weighted by Gasteiger charge is 2.08. The Morgan fingerprint density at radius 2 is 2.07 bits per heavy atom. The fraction of sp³-hybridized carbons (Fsp3) is 0.917. The normalized spacial score (nSPS) is 12.8. The zero-order valence-electron chi connectivity index (χ0n) is 9.92. The molecule has 14 heavy (non-hydrogen) atoms. The van der Waals surface area contributed by atoms with Gasteiger partial charge in [0, 0.05) is 19.5 Å². The van der Waals surface area contributed by atoms with Crippen molar-refractivity contribution in [3.63, 3.8) is 0 Å². The van der Waals surface area contributed by atoms with Crippen molar-refractivity contribution in [3.05, 3.63) is 0 Å². The van der Waals surface area contributed by atoms with Gasteiger partial charge in [0.25, 0.3) is 0 Å². The highest BCUT2D eigenvalue weighted by molar-refractivity contribution is 4.72. The summed E-state index contributed by atoms with van der Waals surface area (Å²) in [7, 11) is 2.12. The maximum atomic E-state index is 8.47. The third-order valence-corrected chi connectivity index (χ3v) is 2.72. The van der Waals surface area contributed by atoms with Crippen LogP contribution in [0.5, 0.6) is 0 Å². The van der Waals surface area contributed by atoms with E-state index in [2.05, 4.69) is 31.9 Å². The molecule has 2 nitrogen and oxygen atoms in total. The summed E-state index contributed by atoms with van der Waals surface area (Å²) >= 11 is 0. The molecule has 1 unspecified atom stereocenters. The molecule has 0 spiro atoms. The van der Waals surface area contributed by atoms with E-state index in [-0.39, 0.29) is 0 Å². The molecule has 0 saturated carbocycles. The van der Waals surface area contributed by atoms with E-state index in [0.29, 0.717) is 6.42 Å². The molecule has 0 aliphatic heterocycles. The van der Waals surface area contributed by atoms with Crippen molar-refractivity contribution < 1.29 is 0 Å². The van der Waals surface area contributed by atoms with E-state index in [4.69, 9.17) is 5.26 Å². The zero-order chi connectivity index (χ0) is 10.8. The van der Waals surface area contributed by atoms with E-state index < -0.39 is 0 Å². The summed E-state index contributed by atoms with van der Waals surface area (Å²) in [5.41, 5.74) is 0. The molecule has 0 aliphatic rings. The summed E-state index contributed by atoms with van der Waals surface area (Å²) in [5, 5.41) is 8.47. The molecule has 0 rings (SSSR count). The molecule has 0 aromatic rings. The standard InChI is InChI=1S/C12H24N2/c1-4-6-8-12(5-2)11-14(3)10-7-9-13/h12H,4-8,10-11H2,1-3H3. The van der Waals surface area contributed by atoms with Crippen LogP contribution >= 0.6 is 0 Å². The number of nitriles is 1. The third kappa shape index (κ3) is 6.91. The summed E-state index contributed by atoms with van der Waals surface area (Å²) < 4.78 is 0. The molecule has 2 heteroatoms. The molecule has 0 aromatic heterocycles. The van der Waals surface area contributed by atoms with Gasteiger partial charge >= 0.3 is 0 Å². The molecule has 0 saturated heterocycles. The van der Waals surface area contributed by atoms with Gasteiger partial charge in [-0.1, -0.05) is 33.1 Å². The monoisotopic (exact) mass is 196 g/mol. The molecule has 0 N–H and O–H groups in total. The van der Waals surface area contributed by atoms with E-state index in [1.807, 2.05) is 0 Å². The van der Waals surface area contributed by atoms with Crippen molar-refractivity contribution in [2.75, 3.05) is 20.1 Å². The van der Waals surface area contributed by atoms with Crippen LogP contribution in [0.3, 0.4) is 0 Å². The van der Waals surface area contributed by atoms with Gasteiger partial charge in [-0.15, -0.1) is 0 Å². The lowest BCUT2D eigenvalue weighted by Gasteiger charge is -2.22. The van der Waals surface area contributed by atoms with Gasteiger partial charge in [0.1, 0.15) is 0 Å². The van der Waals surface area contributed by atoms with Crippen LogP contribution in [0, 0.1) is 17.2 Å². The van der Waals surface area contributed by atoms with Crippen molar-refractivity contribution in [2.24, 2.45) is 5.92 Å². The van der Waals surface area contributed by atoms with E-state index in [1.54, 1.807) is 0 Å². The second-order valence-corrected chi connectivity index (χ2v) is 4.09. The molecule has 0 heterocycles. The van der Waals surface area contributed by atoms with Crippen LogP contribution in [0.1, 0.15) is 46.0 Å². The maximum Gasteiger partial charge on any atom is 0.0635 e. The van der Waals surface area contributed by atoms with Crippen LogP contribution in [-0.2, 0) is 0 Å². The Morgan fingerprint density at radius 3 is 2.57 bits per heavy atom. The summed E-state index contributed by atoms with van der Waals surface area (Å²) in [6.07, 6.45) is 5.88. The first kappa shape index (κ1) is 13.4. The van der Waals surface area contributed by atoms with Crippen molar-refractivity contribution in [1.82, 2.24) is 4.90 Å². The fourth-order valence-electron chi connectivity index (χ4n) is 1.69. The molecule has 0 fully saturated rings. The summed E-state index contributed by atoms with van der Waals surface area (Å²) in [6.45, 7) is 6.57. The first-order valence-electron chi connectivity index (χ1n) is 5.80. The van der Waals surface area contributed by atoms with Crippen LogP contribution in [0.4, 0.5) is 0 Å². The van der Waals surface area contributed by atoms with Crippen molar-refractivity contribution in [3.8, 4) is 6.07 Å². The van der Waals surface area contributed by atoms with Gasteiger partial charge in [-0.3, -0.25) is 0 Å². The molecule has 0 aliphatic carbocycles. The molecule has 82 valence electrons. The topological polar surface area (TPSA) is 27.0 Å². The van der Waals surface area contributed by atoms with E-state index in [1.165, 1.54) is 25.7 Å².